The van der Waals surface area contributed by atoms with Crippen LogP contribution in [-0.4, -0.2) is 57.0 Å². The van der Waals surface area contributed by atoms with Crippen molar-refractivity contribution in [3.8, 4) is 0 Å². The van der Waals surface area contributed by atoms with Gasteiger partial charge in [0.2, 0.25) is 5.03 Å². The summed E-state index contributed by atoms with van der Waals surface area (Å²) in [6.45, 7) is 3.03. The zero-order chi connectivity index (χ0) is 24.0. The van der Waals surface area contributed by atoms with Crippen molar-refractivity contribution in [1.29, 1.82) is 0 Å². The van der Waals surface area contributed by atoms with Crippen LogP contribution in [0.1, 0.15) is 12.0 Å². The summed E-state index contributed by atoms with van der Waals surface area (Å²) in [4.78, 5) is 16.0. The number of fused-ring (bicyclic) bond motifs is 2. The minimum absolute atomic E-state index is 0.000984. The summed E-state index contributed by atoms with van der Waals surface area (Å²) in [7, 11) is -3.86. The molecule has 1 aliphatic rings. The van der Waals surface area contributed by atoms with E-state index in [-0.39, 0.29) is 10.2 Å². The molecule has 0 bridgehead atoms. The number of carboxylic acids is 1. The highest BCUT2D eigenvalue weighted by Crippen LogP contribution is 2.31. The van der Waals surface area contributed by atoms with E-state index in [1.807, 2.05) is 18.2 Å². The Morgan fingerprint density at radius 1 is 1.21 bits per heavy atom. The van der Waals surface area contributed by atoms with Gasteiger partial charge < -0.3 is 5.11 Å². The lowest BCUT2D eigenvalue weighted by Crippen LogP contribution is -2.36. The van der Waals surface area contributed by atoms with Gasteiger partial charge in [0.05, 0.1) is 5.52 Å². The molecule has 176 valence electrons. The summed E-state index contributed by atoms with van der Waals surface area (Å²) in [6, 6.07) is 7.65. The first-order valence-corrected chi connectivity index (χ1v) is 12.2. The van der Waals surface area contributed by atoms with E-state index in [4.69, 9.17) is 21.5 Å². The SMILES string of the molecule is O=C(O)C(F)(F)F.O=S(=O)(c1c(Cl)nc2sccn12)n1ccc2c(CN3CCC3)cccc21. The van der Waals surface area contributed by atoms with Crippen LogP contribution in [0.25, 0.3) is 15.9 Å². The van der Waals surface area contributed by atoms with Crippen LogP contribution >= 0.6 is 22.9 Å². The maximum absolute atomic E-state index is 13.3. The van der Waals surface area contributed by atoms with Gasteiger partial charge in [-0.1, -0.05) is 23.7 Å². The van der Waals surface area contributed by atoms with Gasteiger partial charge in [-0.25, -0.2) is 13.8 Å². The summed E-state index contributed by atoms with van der Waals surface area (Å²) in [6.07, 6.45) is -0.587. The molecule has 5 rings (SSSR count). The number of nitrogens with zero attached hydrogens (tertiary/aromatic N) is 4. The first-order chi connectivity index (χ1) is 15.5. The van der Waals surface area contributed by atoms with Crippen molar-refractivity contribution in [2.75, 3.05) is 13.1 Å². The van der Waals surface area contributed by atoms with Crippen molar-refractivity contribution in [3.63, 3.8) is 0 Å². The number of alkyl halides is 3. The molecule has 1 saturated heterocycles. The average molecular weight is 521 g/mol. The maximum Gasteiger partial charge on any atom is 0.490 e. The Hall–Kier alpha value is -2.61. The minimum atomic E-state index is -5.08. The summed E-state index contributed by atoms with van der Waals surface area (Å²) in [5.41, 5.74) is 1.79. The number of rotatable bonds is 4. The quantitative estimate of drug-likeness (QED) is 0.435. The molecule has 0 spiro atoms. The molecule has 0 atom stereocenters. The van der Waals surface area contributed by atoms with Gasteiger partial charge in [0.15, 0.2) is 10.1 Å². The molecule has 1 fully saturated rings. The third-order valence-corrected chi connectivity index (χ3v) is 7.90. The van der Waals surface area contributed by atoms with Gasteiger partial charge in [0, 0.05) is 29.7 Å². The van der Waals surface area contributed by atoms with Crippen molar-refractivity contribution < 1.29 is 31.5 Å². The van der Waals surface area contributed by atoms with Crippen molar-refractivity contribution in [2.45, 2.75) is 24.2 Å². The number of carboxylic acid groups (broad SMARTS) is 1. The molecule has 4 aromatic rings. The highest BCUT2D eigenvalue weighted by atomic mass is 35.5. The van der Waals surface area contributed by atoms with Gasteiger partial charge in [-0.05, 0) is 37.2 Å². The summed E-state index contributed by atoms with van der Waals surface area (Å²) >= 11 is 7.51. The monoisotopic (exact) mass is 520 g/mol. The maximum atomic E-state index is 13.3. The molecule has 14 heteroatoms. The molecular formula is C19H16ClF3N4O4S2. The molecule has 3 aromatic heterocycles. The number of halogens is 4. The first kappa shape index (κ1) is 23.5. The van der Waals surface area contributed by atoms with Crippen LogP contribution in [0.5, 0.6) is 0 Å². The Morgan fingerprint density at radius 2 is 1.91 bits per heavy atom. The lowest BCUT2D eigenvalue weighted by Gasteiger charge is -2.30. The third-order valence-electron chi connectivity index (χ3n) is 5.05. The van der Waals surface area contributed by atoms with Crippen LogP contribution in [0.2, 0.25) is 5.15 Å². The van der Waals surface area contributed by atoms with Gasteiger partial charge in [-0.2, -0.15) is 21.6 Å². The van der Waals surface area contributed by atoms with Crippen LogP contribution in [0, 0.1) is 0 Å². The highest BCUT2D eigenvalue weighted by Gasteiger charge is 2.38. The number of benzene rings is 1. The second-order valence-corrected chi connectivity index (χ2v) is 10.1. The zero-order valence-electron chi connectivity index (χ0n) is 16.7. The Bertz CT molecular complexity index is 1440. The number of aromatic nitrogens is 3. The number of hydrogen-bond acceptors (Lipinski definition) is 6. The van der Waals surface area contributed by atoms with Gasteiger partial charge in [0.25, 0.3) is 10.0 Å². The summed E-state index contributed by atoms with van der Waals surface area (Å²) < 4.78 is 61.2. The second-order valence-electron chi connectivity index (χ2n) is 7.16. The predicted molar refractivity (Wildman–Crippen MR) is 116 cm³/mol. The van der Waals surface area contributed by atoms with E-state index in [0.717, 1.165) is 30.6 Å². The number of hydrogen-bond donors (Lipinski definition) is 1. The van der Waals surface area contributed by atoms with E-state index in [1.165, 1.54) is 26.1 Å². The van der Waals surface area contributed by atoms with Crippen LogP contribution in [-0.2, 0) is 21.4 Å². The molecule has 0 radical (unpaired) electrons. The fraction of sp³-hybridized carbons (Fsp3) is 0.263. The fourth-order valence-electron chi connectivity index (χ4n) is 3.40. The van der Waals surface area contributed by atoms with E-state index >= 15 is 0 Å². The Balaban J connectivity index is 0.000000325. The smallest absolute Gasteiger partial charge is 0.475 e. The molecule has 0 aliphatic carbocycles. The van der Waals surface area contributed by atoms with E-state index in [1.54, 1.807) is 17.8 Å². The Morgan fingerprint density at radius 3 is 2.52 bits per heavy atom. The van der Waals surface area contributed by atoms with Crippen molar-refractivity contribution in [1.82, 2.24) is 18.3 Å². The normalized spacial score (nSPS) is 14.8. The van der Waals surface area contributed by atoms with Crippen LogP contribution < -0.4 is 0 Å². The molecule has 0 saturated carbocycles. The molecule has 0 unspecified atom stereocenters. The average Bonchev–Trinajstić information content (AvgIpc) is 3.38. The number of carbonyl (C=O) groups is 1. The number of aliphatic carboxylic acids is 1. The molecule has 0 amide bonds. The molecule has 1 aromatic carbocycles. The molecular weight excluding hydrogens is 505 g/mol. The van der Waals surface area contributed by atoms with Crippen molar-refractivity contribution in [2.24, 2.45) is 0 Å². The predicted octanol–water partition coefficient (Wildman–Crippen LogP) is 4.08. The first-order valence-electron chi connectivity index (χ1n) is 9.48. The van der Waals surface area contributed by atoms with Crippen molar-refractivity contribution in [3.05, 3.63) is 52.8 Å². The summed E-state index contributed by atoms with van der Waals surface area (Å²) in [5.74, 6) is -2.76. The standard InChI is InChI=1S/C17H15ClN4O2S2.C2HF3O2/c18-15-16(21-9-10-25-17(21)19-15)26(23,24)22-8-5-13-12(3-1-4-14(13)22)11-20-6-2-7-20;3-2(4,5)1(6)7/h1,3-5,8-10H,2,6-7,11H2;(H,6,7). The van der Waals surface area contributed by atoms with Gasteiger partial charge in [-0.3, -0.25) is 9.30 Å². The van der Waals surface area contributed by atoms with Crippen LogP contribution in [0.3, 0.4) is 0 Å². The van der Waals surface area contributed by atoms with Crippen molar-refractivity contribution >= 4 is 54.8 Å². The van der Waals surface area contributed by atoms with E-state index < -0.39 is 22.2 Å². The second kappa shape index (κ2) is 8.63. The molecule has 33 heavy (non-hydrogen) atoms. The number of thiazole rings is 1. The van der Waals surface area contributed by atoms with E-state index in [0.29, 0.717) is 10.5 Å². The van der Waals surface area contributed by atoms with E-state index in [9.17, 15) is 21.6 Å². The molecule has 4 heterocycles. The minimum Gasteiger partial charge on any atom is -0.475 e. The lowest BCUT2D eigenvalue weighted by molar-refractivity contribution is -0.192. The Labute approximate surface area is 194 Å². The fourth-order valence-corrected chi connectivity index (χ4v) is 6.16. The number of imidazole rings is 1. The van der Waals surface area contributed by atoms with E-state index in [2.05, 4.69) is 16.0 Å². The molecule has 1 aliphatic heterocycles. The zero-order valence-corrected chi connectivity index (χ0v) is 19.0. The van der Waals surface area contributed by atoms with Gasteiger partial charge in [-0.15, -0.1) is 11.3 Å². The number of likely N-dealkylation sites (tertiary alicyclic amines) is 1. The highest BCUT2D eigenvalue weighted by molar-refractivity contribution is 7.90. The molecule has 1 N–H and O–H groups in total. The third kappa shape index (κ3) is 4.45. The van der Waals surface area contributed by atoms with Gasteiger partial charge >= 0.3 is 12.1 Å². The topological polar surface area (TPSA) is 96.9 Å². The molecule has 8 nitrogen and oxygen atoms in total. The summed E-state index contributed by atoms with van der Waals surface area (Å²) in [5, 5.41) is 9.86. The lowest BCUT2D eigenvalue weighted by atomic mass is 10.1. The Kier molecular flexibility index (Phi) is 6.16. The van der Waals surface area contributed by atoms with Gasteiger partial charge in [0.1, 0.15) is 0 Å². The van der Waals surface area contributed by atoms with Crippen LogP contribution in [0.15, 0.2) is 47.1 Å². The largest absolute Gasteiger partial charge is 0.490 e. The van der Waals surface area contributed by atoms with Crippen LogP contribution in [0.4, 0.5) is 13.2 Å².